The molecule has 0 saturated carbocycles. The van der Waals surface area contributed by atoms with Crippen LogP contribution in [0.15, 0.2) is 39.9 Å². The van der Waals surface area contributed by atoms with Gasteiger partial charge in [-0.2, -0.15) is 4.98 Å². The summed E-state index contributed by atoms with van der Waals surface area (Å²) >= 11 is 0. The van der Waals surface area contributed by atoms with E-state index in [1.807, 2.05) is 0 Å². The van der Waals surface area contributed by atoms with E-state index < -0.39 is 9.84 Å². The molecule has 0 amide bonds. The molecule has 0 atom stereocenters. The number of hydrogen-bond acceptors (Lipinski definition) is 6. The Balaban J connectivity index is 1.88. The first-order chi connectivity index (χ1) is 10.0. The average molecular weight is 306 g/mol. The summed E-state index contributed by atoms with van der Waals surface area (Å²) in [5.41, 5.74) is 1.59. The fourth-order valence-electron chi connectivity index (χ4n) is 2.04. The molecule has 6 nitrogen and oxygen atoms in total. The predicted molar refractivity (Wildman–Crippen MR) is 76.0 cm³/mol. The Bertz CT molecular complexity index is 776. The van der Waals surface area contributed by atoms with Gasteiger partial charge in [-0.15, -0.1) is 0 Å². The molecule has 110 valence electrons. The highest BCUT2D eigenvalue weighted by atomic mass is 32.2. The molecule has 0 saturated heterocycles. The lowest BCUT2D eigenvalue weighted by atomic mass is 10.1. The first-order valence-electron chi connectivity index (χ1n) is 6.49. The number of hydrogen-bond donors (Lipinski definition) is 0. The van der Waals surface area contributed by atoms with Crippen molar-refractivity contribution < 1.29 is 17.7 Å². The van der Waals surface area contributed by atoms with Crippen molar-refractivity contribution in [2.75, 3.05) is 12.9 Å². The third-order valence-corrected chi connectivity index (χ3v) is 4.30. The van der Waals surface area contributed by atoms with Crippen molar-refractivity contribution in [1.82, 2.24) is 10.1 Å². The molecule has 0 fully saturated rings. The molecule has 1 aliphatic rings. The van der Waals surface area contributed by atoms with Crippen molar-refractivity contribution in [3.8, 4) is 11.4 Å². The summed E-state index contributed by atoms with van der Waals surface area (Å²) in [5, 5.41) is 3.92. The van der Waals surface area contributed by atoms with Crippen LogP contribution in [-0.2, 0) is 14.6 Å². The van der Waals surface area contributed by atoms with Crippen molar-refractivity contribution >= 4 is 15.4 Å². The maximum atomic E-state index is 11.4. The normalized spacial score (nSPS) is 15.4. The van der Waals surface area contributed by atoms with E-state index in [-0.39, 0.29) is 4.90 Å². The molecular formula is C14H14N2O4S. The fourth-order valence-corrected chi connectivity index (χ4v) is 2.67. The molecule has 2 aromatic rings. The standard InChI is InChI=1S/C14H14N2O4S/c1-21(17,18)12-6-4-10(5-7-12)13-15-14(20-16-13)11-3-2-8-19-9-11/h4-7,9H,2-3,8H2,1H3. The molecule has 2 heterocycles. The van der Waals surface area contributed by atoms with Crippen LogP contribution in [0.2, 0.25) is 0 Å². The lowest BCUT2D eigenvalue weighted by molar-refractivity contribution is 0.233. The second kappa shape index (κ2) is 5.33. The van der Waals surface area contributed by atoms with Crippen LogP contribution in [0.4, 0.5) is 0 Å². The van der Waals surface area contributed by atoms with Crippen LogP contribution in [0, 0.1) is 0 Å². The minimum Gasteiger partial charge on any atom is -0.501 e. The van der Waals surface area contributed by atoms with Crippen LogP contribution in [0.5, 0.6) is 0 Å². The van der Waals surface area contributed by atoms with Gasteiger partial charge in [-0.1, -0.05) is 5.16 Å². The van der Waals surface area contributed by atoms with Crippen LogP contribution in [0.3, 0.4) is 0 Å². The highest BCUT2D eigenvalue weighted by Gasteiger charge is 2.16. The van der Waals surface area contributed by atoms with E-state index in [9.17, 15) is 8.42 Å². The highest BCUT2D eigenvalue weighted by Crippen LogP contribution is 2.25. The van der Waals surface area contributed by atoms with Gasteiger partial charge in [0.25, 0.3) is 5.89 Å². The SMILES string of the molecule is CS(=O)(=O)c1ccc(-c2noc(C3=COCCC3)n2)cc1. The molecule has 0 N–H and O–H groups in total. The zero-order chi connectivity index (χ0) is 14.9. The molecular weight excluding hydrogens is 292 g/mol. The van der Waals surface area contributed by atoms with Crippen molar-refractivity contribution in [2.45, 2.75) is 17.7 Å². The first kappa shape index (κ1) is 13.8. The summed E-state index contributed by atoms with van der Waals surface area (Å²) < 4.78 is 33.3. The van der Waals surface area contributed by atoms with Gasteiger partial charge in [-0.3, -0.25) is 0 Å². The molecule has 1 aliphatic heterocycles. The second-order valence-electron chi connectivity index (χ2n) is 4.84. The lowest BCUT2D eigenvalue weighted by Crippen LogP contribution is -1.98. The lowest BCUT2D eigenvalue weighted by Gasteiger charge is -2.09. The Morgan fingerprint density at radius 3 is 2.57 bits per heavy atom. The van der Waals surface area contributed by atoms with E-state index in [0.717, 1.165) is 18.4 Å². The Kier molecular flexibility index (Phi) is 3.50. The van der Waals surface area contributed by atoms with Gasteiger partial charge in [0.05, 0.1) is 23.3 Å². The number of rotatable bonds is 3. The zero-order valence-corrected chi connectivity index (χ0v) is 12.3. The second-order valence-corrected chi connectivity index (χ2v) is 6.85. The molecule has 0 spiro atoms. The van der Waals surface area contributed by atoms with Gasteiger partial charge in [0.2, 0.25) is 5.82 Å². The maximum absolute atomic E-state index is 11.4. The monoisotopic (exact) mass is 306 g/mol. The van der Waals surface area contributed by atoms with E-state index in [1.165, 1.54) is 18.4 Å². The summed E-state index contributed by atoms with van der Waals surface area (Å²) in [5.74, 6) is 0.869. The van der Waals surface area contributed by atoms with E-state index in [4.69, 9.17) is 9.26 Å². The largest absolute Gasteiger partial charge is 0.501 e. The number of aromatic nitrogens is 2. The van der Waals surface area contributed by atoms with Gasteiger partial charge in [0, 0.05) is 11.8 Å². The Labute approximate surface area is 122 Å². The summed E-state index contributed by atoms with van der Waals surface area (Å²) in [7, 11) is -3.20. The summed E-state index contributed by atoms with van der Waals surface area (Å²) in [4.78, 5) is 4.58. The smallest absolute Gasteiger partial charge is 0.257 e. The molecule has 21 heavy (non-hydrogen) atoms. The number of nitrogens with zero attached hydrogens (tertiary/aromatic N) is 2. The van der Waals surface area contributed by atoms with Crippen LogP contribution < -0.4 is 0 Å². The Morgan fingerprint density at radius 2 is 1.95 bits per heavy atom. The van der Waals surface area contributed by atoms with E-state index in [2.05, 4.69) is 10.1 Å². The zero-order valence-electron chi connectivity index (χ0n) is 11.4. The maximum Gasteiger partial charge on any atom is 0.257 e. The fraction of sp³-hybridized carbons (Fsp3) is 0.286. The Morgan fingerprint density at radius 1 is 1.19 bits per heavy atom. The quantitative estimate of drug-likeness (QED) is 0.865. The molecule has 0 aliphatic carbocycles. The molecule has 3 rings (SSSR count). The van der Waals surface area contributed by atoms with E-state index >= 15 is 0 Å². The first-order valence-corrected chi connectivity index (χ1v) is 8.38. The number of ether oxygens (including phenoxy) is 1. The van der Waals surface area contributed by atoms with Crippen molar-refractivity contribution in [3.63, 3.8) is 0 Å². The molecule has 7 heteroatoms. The van der Waals surface area contributed by atoms with Crippen molar-refractivity contribution in [2.24, 2.45) is 0 Å². The van der Waals surface area contributed by atoms with Crippen LogP contribution in [0.1, 0.15) is 18.7 Å². The number of benzene rings is 1. The summed E-state index contributed by atoms with van der Waals surface area (Å²) in [6, 6.07) is 6.39. The minimum atomic E-state index is -3.20. The average Bonchev–Trinajstić information content (AvgIpc) is 2.97. The minimum absolute atomic E-state index is 0.262. The van der Waals surface area contributed by atoms with Gasteiger partial charge in [0.15, 0.2) is 9.84 Å². The van der Waals surface area contributed by atoms with E-state index in [1.54, 1.807) is 18.4 Å². The summed E-state index contributed by atoms with van der Waals surface area (Å²) in [6.45, 7) is 0.706. The third-order valence-electron chi connectivity index (χ3n) is 3.18. The Hall–Kier alpha value is -2.15. The molecule has 0 bridgehead atoms. The third kappa shape index (κ3) is 2.97. The van der Waals surface area contributed by atoms with Crippen LogP contribution in [0.25, 0.3) is 17.0 Å². The predicted octanol–water partition coefficient (Wildman–Crippen LogP) is 2.29. The molecule has 0 radical (unpaired) electrons. The van der Waals surface area contributed by atoms with Gasteiger partial charge in [0.1, 0.15) is 0 Å². The van der Waals surface area contributed by atoms with E-state index in [0.29, 0.717) is 23.9 Å². The number of allylic oxidation sites excluding steroid dienone is 1. The van der Waals surface area contributed by atoms with Crippen molar-refractivity contribution in [1.29, 1.82) is 0 Å². The van der Waals surface area contributed by atoms with Crippen LogP contribution in [-0.4, -0.2) is 31.4 Å². The highest BCUT2D eigenvalue weighted by molar-refractivity contribution is 7.90. The topological polar surface area (TPSA) is 82.3 Å². The van der Waals surface area contributed by atoms with Gasteiger partial charge >= 0.3 is 0 Å². The van der Waals surface area contributed by atoms with Crippen molar-refractivity contribution in [3.05, 3.63) is 36.4 Å². The molecule has 0 unspecified atom stereocenters. The number of sulfone groups is 1. The molecule has 1 aromatic carbocycles. The van der Waals surface area contributed by atoms with Gasteiger partial charge in [-0.05, 0) is 37.1 Å². The van der Waals surface area contributed by atoms with Gasteiger partial charge in [-0.25, -0.2) is 8.42 Å². The van der Waals surface area contributed by atoms with Crippen LogP contribution >= 0.6 is 0 Å². The molecule has 1 aromatic heterocycles. The van der Waals surface area contributed by atoms with Gasteiger partial charge < -0.3 is 9.26 Å². The summed E-state index contributed by atoms with van der Waals surface area (Å²) in [6.07, 6.45) is 4.58.